The molecule has 0 radical (unpaired) electrons. The molecule has 3 heterocycles. The van der Waals surface area contributed by atoms with Gasteiger partial charge in [0.2, 0.25) is 0 Å². The minimum Gasteiger partial charge on any atom is -0.456 e. The number of hydrogen-bond acceptors (Lipinski definition) is 4. The third-order valence-corrected chi connectivity index (χ3v) is 11.7. The molecule has 5 heteroatoms. The first-order valence-electron chi connectivity index (χ1n) is 20.4. The number of amidine groups is 2. The zero-order valence-corrected chi connectivity index (χ0v) is 32.6. The minimum atomic E-state index is -0.470. The summed E-state index contributed by atoms with van der Waals surface area (Å²) in [6, 6.07) is 59.6. The average Bonchev–Trinajstić information content (AvgIpc) is 3.76. The topological polar surface area (TPSA) is 54.8 Å². The number of nitrogens with zero attached hydrogens (tertiary/aromatic N) is 3. The Labute approximate surface area is 342 Å². The molecule has 0 spiro atoms. The quantitative estimate of drug-likeness (QED) is 0.176. The van der Waals surface area contributed by atoms with E-state index in [0.29, 0.717) is 0 Å². The van der Waals surface area contributed by atoms with Gasteiger partial charge in [0.1, 0.15) is 22.8 Å². The molecule has 1 atom stereocenters. The molecule has 5 nitrogen and oxygen atoms in total. The van der Waals surface area contributed by atoms with E-state index in [1.165, 1.54) is 44.2 Å². The molecule has 0 bridgehead atoms. The minimum absolute atomic E-state index is 0.259. The molecule has 11 rings (SSSR count). The Morgan fingerprint density at radius 3 is 1.80 bits per heavy atom. The lowest BCUT2D eigenvalue weighted by Crippen LogP contribution is -2.36. The molecule has 7 aromatic carbocycles. The maximum Gasteiger partial charge on any atom is 0.170 e. The highest BCUT2D eigenvalue weighted by atomic mass is 16.3. The van der Waals surface area contributed by atoms with Crippen molar-refractivity contribution in [1.29, 1.82) is 0 Å². The van der Waals surface area contributed by atoms with Gasteiger partial charge in [0.25, 0.3) is 0 Å². The van der Waals surface area contributed by atoms with Crippen molar-refractivity contribution in [2.24, 2.45) is 15.9 Å². The Morgan fingerprint density at radius 1 is 0.525 bits per heavy atom. The summed E-state index contributed by atoms with van der Waals surface area (Å²) in [6.45, 7) is 2.27. The first kappa shape index (κ1) is 34.7. The molecule has 1 N–H and O–H groups in total. The molecule has 2 aromatic heterocycles. The first-order valence-corrected chi connectivity index (χ1v) is 20.4. The fourth-order valence-electron chi connectivity index (χ4n) is 8.75. The number of fused-ring (bicyclic) bond motifs is 6. The molecule has 282 valence electrons. The molecular weight excluding hydrogens is 721 g/mol. The van der Waals surface area contributed by atoms with E-state index in [2.05, 4.69) is 162 Å². The zero-order chi connectivity index (χ0) is 39.3. The van der Waals surface area contributed by atoms with Crippen molar-refractivity contribution in [3.8, 4) is 5.69 Å². The van der Waals surface area contributed by atoms with E-state index >= 15 is 0 Å². The summed E-state index contributed by atoms with van der Waals surface area (Å²) in [5, 5.41) is 8.13. The lowest BCUT2D eigenvalue weighted by Gasteiger charge is -2.22. The number of furan rings is 1. The van der Waals surface area contributed by atoms with Crippen molar-refractivity contribution >= 4 is 66.6 Å². The van der Waals surface area contributed by atoms with Crippen LogP contribution in [0.2, 0.25) is 0 Å². The van der Waals surface area contributed by atoms with Crippen molar-refractivity contribution in [1.82, 2.24) is 9.88 Å². The van der Waals surface area contributed by atoms with Gasteiger partial charge in [-0.05, 0) is 83.1 Å². The van der Waals surface area contributed by atoms with Crippen LogP contribution in [-0.4, -0.2) is 16.2 Å². The average molecular weight is 761 g/mol. The van der Waals surface area contributed by atoms with Crippen LogP contribution in [0.3, 0.4) is 0 Å². The van der Waals surface area contributed by atoms with Crippen LogP contribution < -0.4 is 5.32 Å². The van der Waals surface area contributed by atoms with Crippen LogP contribution in [0.5, 0.6) is 0 Å². The molecule has 2 aliphatic rings. The monoisotopic (exact) mass is 760 g/mol. The fourth-order valence-corrected chi connectivity index (χ4v) is 8.75. The van der Waals surface area contributed by atoms with Crippen molar-refractivity contribution < 1.29 is 4.42 Å². The van der Waals surface area contributed by atoms with E-state index in [0.717, 1.165) is 62.3 Å². The Balaban J connectivity index is 0.986. The number of aromatic nitrogens is 1. The molecule has 0 saturated heterocycles. The first-order chi connectivity index (χ1) is 29.2. The second-order valence-electron chi connectivity index (χ2n) is 15.3. The van der Waals surface area contributed by atoms with Gasteiger partial charge < -0.3 is 14.3 Å². The van der Waals surface area contributed by atoms with Crippen LogP contribution in [-0.2, 0) is 0 Å². The highest BCUT2D eigenvalue weighted by molar-refractivity contribution is 6.16. The van der Waals surface area contributed by atoms with E-state index in [-0.39, 0.29) is 5.92 Å². The van der Waals surface area contributed by atoms with Gasteiger partial charge in [-0.2, -0.15) is 0 Å². The molecular formula is C54H40N4O. The lowest BCUT2D eigenvalue weighted by molar-refractivity contribution is 0.667. The Morgan fingerprint density at radius 2 is 1.12 bits per heavy atom. The highest BCUT2D eigenvalue weighted by Gasteiger charge is 2.24. The summed E-state index contributed by atoms with van der Waals surface area (Å²) in [5.41, 5.74) is 13.1. The SMILES string of the molecule is CCC1C=C(c2ccc3oc4cccc(C5N=C(c6ccccc6)NC(c6ccccc6)=N5)c4c3c2)C=CC(c2ccc3c(c2)c2ccccc2n3-c2ccccc2)=C1. The Bertz CT molecular complexity index is 3160. The van der Waals surface area contributed by atoms with E-state index in [4.69, 9.17) is 14.4 Å². The summed E-state index contributed by atoms with van der Waals surface area (Å²) < 4.78 is 8.90. The van der Waals surface area contributed by atoms with Crippen molar-refractivity contribution in [3.05, 3.63) is 222 Å². The standard InChI is InChI=1S/C54H40N4O/c1-2-35-31-38(40-27-29-48-45(33-40)43-21-12-13-23-47(43)58(48)42-19-10-5-11-20-42)25-26-39(32-35)41-28-30-49-46(34-41)51-44(22-14-24-50(51)59-49)54-56-52(36-15-6-3-7-16-36)55-53(57-54)37-17-8-4-9-18-37/h3-35,54H,2H2,1H3,(H,55,56,57). The van der Waals surface area contributed by atoms with Crippen molar-refractivity contribution in [2.75, 3.05) is 0 Å². The summed E-state index contributed by atoms with van der Waals surface area (Å²) in [5.74, 6) is 1.84. The van der Waals surface area contributed by atoms with Gasteiger partial charge in [-0.1, -0.05) is 153 Å². The van der Waals surface area contributed by atoms with Gasteiger partial charge >= 0.3 is 0 Å². The van der Waals surface area contributed by atoms with Crippen molar-refractivity contribution in [2.45, 2.75) is 19.5 Å². The molecule has 0 saturated carbocycles. The third kappa shape index (κ3) is 6.19. The second kappa shape index (κ2) is 14.5. The van der Waals surface area contributed by atoms with E-state index in [1.807, 2.05) is 48.5 Å². The van der Waals surface area contributed by atoms with Gasteiger partial charge in [-0.25, -0.2) is 9.98 Å². The number of hydrogen-bond donors (Lipinski definition) is 1. The fraction of sp³-hybridized carbons (Fsp3) is 0.0741. The van der Waals surface area contributed by atoms with Gasteiger partial charge in [-0.3, -0.25) is 0 Å². The number of rotatable bonds is 7. The Kier molecular flexibility index (Phi) is 8.51. The van der Waals surface area contributed by atoms with Crippen LogP contribution in [0.25, 0.3) is 60.6 Å². The molecule has 1 aliphatic carbocycles. The van der Waals surface area contributed by atoms with E-state index < -0.39 is 6.17 Å². The predicted molar refractivity (Wildman–Crippen MR) is 245 cm³/mol. The number of allylic oxidation sites excluding steroid dienone is 6. The number of aliphatic imine (C=N–C) groups is 2. The molecule has 0 amide bonds. The summed E-state index contributed by atoms with van der Waals surface area (Å²) in [4.78, 5) is 10.4. The van der Waals surface area contributed by atoms with Crippen molar-refractivity contribution in [3.63, 3.8) is 0 Å². The molecule has 0 fully saturated rings. The number of benzene rings is 7. The van der Waals surface area contributed by atoms with E-state index in [9.17, 15) is 0 Å². The lowest BCUT2D eigenvalue weighted by atomic mass is 9.96. The summed E-state index contributed by atoms with van der Waals surface area (Å²) >= 11 is 0. The van der Waals surface area contributed by atoms with E-state index in [1.54, 1.807) is 0 Å². The summed E-state index contributed by atoms with van der Waals surface area (Å²) in [7, 11) is 0. The normalized spacial score (nSPS) is 15.8. The van der Waals surface area contributed by atoms with Gasteiger partial charge in [0.15, 0.2) is 6.17 Å². The molecule has 1 aliphatic heterocycles. The smallest absolute Gasteiger partial charge is 0.170 e. The van der Waals surface area contributed by atoms with Crippen LogP contribution in [0.4, 0.5) is 0 Å². The Hall–Kier alpha value is -7.50. The van der Waals surface area contributed by atoms with Crippen LogP contribution in [0, 0.1) is 5.92 Å². The molecule has 1 unspecified atom stereocenters. The largest absolute Gasteiger partial charge is 0.456 e. The zero-order valence-electron chi connectivity index (χ0n) is 32.6. The maximum absolute atomic E-state index is 6.52. The maximum atomic E-state index is 6.52. The highest BCUT2D eigenvalue weighted by Crippen LogP contribution is 2.40. The summed E-state index contributed by atoms with van der Waals surface area (Å²) in [6.07, 6.45) is 9.92. The number of para-hydroxylation sites is 2. The predicted octanol–water partition coefficient (Wildman–Crippen LogP) is 13.2. The van der Waals surface area contributed by atoms with Gasteiger partial charge in [0, 0.05) is 43.9 Å². The van der Waals surface area contributed by atoms with Crippen LogP contribution >= 0.6 is 0 Å². The second-order valence-corrected chi connectivity index (χ2v) is 15.3. The molecule has 9 aromatic rings. The van der Waals surface area contributed by atoms with Gasteiger partial charge in [0.05, 0.1) is 11.0 Å². The van der Waals surface area contributed by atoms with Gasteiger partial charge in [-0.15, -0.1) is 0 Å². The van der Waals surface area contributed by atoms with Crippen LogP contribution in [0.15, 0.2) is 209 Å². The number of nitrogens with one attached hydrogen (secondary N) is 1. The van der Waals surface area contributed by atoms with Crippen LogP contribution in [0.1, 0.15) is 47.3 Å². The third-order valence-electron chi connectivity index (χ3n) is 11.7. The molecule has 59 heavy (non-hydrogen) atoms.